The van der Waals surface area contributed by atoms with Crippen LogP contribution in [0.25, 0.3) is 0 Å². The fraction of sp³-hybridized carbons (Fsp3) is 0.222. The number of ketones is 1. The quantitative estimate of drug-likeness (QED) is 0.308. The van der Waals surface area contributed by atoms with Gasteiger partial charge in [-0.2, -0.15) is 10.9 Å². The third-order valence-corrected chi connectivity index (χ3v) is 2.89. The van der Waals surface area contributed by atoms with Gasteiger partial charge < -0.3 is 9.90 Å². The molecule has 0 bridgehead atoms. The van der Waals surface area contributed by atoms with Crippen LogP contribution in [0.4, 0.5) is 16.2 Å². The molecule has 13 nitrogen and oxygen atoms in total. The van der Waals surface area contributed by atoms with Crippen molar-refractivity contribution in [2.75, 3.05) is 11.6 Å². The van der Waals surface area contributed by atoms with Crippen LogP contribution in [0.5, 0.6) is 0 Å². The van der Waals surface area contributed by atoms with Gasteiger partial charge in [0.1, 0.15) is 5.78 Å². The van der Waals surface area contributed by atoms with Crippen molar-refractivity contribution in [2.45, 2.75) is 20.8 Å². The molecule has 0 radical (unpaired) electrons. The molecule has 0 aromatic heterocycles. The molecule has 0 atom stereocenters. The van der Waals surface area contributed by atoms with Gasteiger partial charge in [0.15, 0.2) is 10.1 Å². The molecule has 0 spiro atoms. The molecule has 0 saturated carbocycles. The van der Waals surface area contributed by atoms with E-state index in [4.69, 9.17) is 10.9 Å². The summed E-state index contributed by atoms with van der Waals surface area (Å²) in [4.78, 5) is 43.7. The molecule has 2 rings (SSSR count). The number of aliphatic hydroxyl groups is 1. The highest BCUT2D eigenvalue weighted by Crippen LogP contribution is 2.27. The summed E-state index contributed by atoms with van der Waals surface area (Å²) in [7, 11) is 0. The Kier molecular flexibility index (Phi) is 12.1. The smallest absolute Gasteiger partial charge is 0.397 e. The zero-order valence-electron chi connectivity index (χ0n) is 17.2. The van der Waals surface area contributed by atoms with Crippen LogP contribution in [-0.4, -0.2) is 43.8 Å². The molecule has 3 N–H and O–H groups in total. The molecule has 2 aromatic rings. The summed E-state index contributed by atoms with van der Waals surface area (Å²) in [6.07, 6.45) is 0. The number of para-hydroxylation sites is 2. The van der Waals surface area contributed by atoms with E-state index in [9.17, 15) is 29.8 Å². The van der Waals surface area contributed by atoms with Crippen LogP contribution in [0.2, 0.25) is 0 Å². The summed E-state index contributed by atoms with van der Waals surface area (Å²) in [5, 5.41) is 27.7. The van der Waals surface area contributed by atoms with Crippen molar-refractivity contribution < 1.29 is 24.8 Å². The number of nitrogens with zero attached hydrogens (tertiary/aromatic N) is 5. The fourth-order valence-corrected chi connectivity index (χ4v) is 1.90. The van der Waals surface area contributed by atoms with Gasteiger partial charge in [0, 0.05) is 11.7 Å². The van der Waals surface area contributed by atoms with Crippen molar-refractivity contribution in [1.29, 1.82) is 0 Å². The van der Waals surface area contributed by atoms with Gasteiger partial charge in [-0.1, -0.05) is 36.4 Å². The zero-order chi connectivity index (χ0) is 24.0. The van der Waals surface area contributed by atoms with Crippen LogP contribution >= 0.6 is 0 Å². The van der Waals surface area contributed by atoms with E-state index in [0.717, 1.165) is 5.01 Å². The van der Waals surface area contributed by atoms with Crippen molar-refractivity contribution in [3.8, 4) is 0 Å². The Balaban J connectivity index is 0.00000113. The molecular formula is C18H24N6O7. The molecule has 2 aromatic carbocycles. The lowest BCUT2D eigenvalue weighted by atomic mass is 10.2. The van der Waals surface area contributed by atoms with Gasteiger partial charge in [0.25, 0.3) is 0 Å². The summed E-state index contributed by atoms with van der Waals surface area (Å²) < 4.78 is 0. The SMILES string of the molecule is CC(C)=O.CCO.NN(C(=O)N(N(c1ccccc1)c1ccccc1)[N+](=O)[O-])[N+](=O)[O-]. The molecule has 0 aliphatic carbocycles. The number of benzene rings is 2. The van der Waals surface area contributed by atoms with E-state index in [2.05, 4.69) is 0 Å². The first-order valence-corrected chi connectivity index (χ1v) is 8.74. The second-order valence-corrected chi connectivity index (χ2v) is 5.60. The zero-order valence-corrected chi connectivity index (χ0v) is 17.2. The summed E-state index contributed by atoms with van der Waals surface area (Å²) in [6.45, 7) is 4.99. The highest BCUT2D eigenvalue weighted by Gasteiger charge is 2.41. The summed E-state index contributed by atoms with van der Waals surface area (Å²) in [5.41, 5.74) is 0.482. The average molecular weight is 436 g/mol. The lowest BCUT2D eigenvalue weighted by molar-refractivity contribution is -0.669. The Labute approximate surface area is 178 Å². The molecule has 0 aliphatic heterocycles. The van der Waals surface area contributed by atoms with Crippen LogP contribution in [-0.2, 0) is 4.79 Å². The van der Waals surface area contributed by atoms with E-state index in [1.54, 1.807) is 43.3 Å². The van der Waals surface area contributed by atoms with Gasteiger partial charge in [-0.05, 0) is 45.0 Å². The average Bonchev–Trinajstić information content (AvgIpc) is 2.72. The van der Waals surface area contributed by atoms with E-state index >= 15 is 0 Å². The largest absolute Gasteiger partial charge is 0.478 e. The number of anilines is 2. The Bertz CT molecular complexity index is 807. The minimum Gasteiger partial charge on any atom is -0.397 e. The lowest BCUT2D eigenvalue weighted by Gasteiger charge is -2.27. The maximum atomic E-state index is 12.1. The molecule has 13 heteroatoms. The number of nitro groups is 2. The van der Waals surface area contributed by atoms with Crippen LogP contribution in [0, 0.1) is 20.2 Å². The fourth-order valence-electron chi connectivity index (χ4n) is 1.90. The Hall–Kier alpha value is -4.10. The number of aliphatic hydroxyl groups excluding tert-OH is 1. The molecule has 2 amide bonds. The van der Waals surface area contributed by atoms with Gasteiger partial charge in [-0.3, -0.25) is 0 Å². The van der Waals surface area contributed by atoms with E-state index < -0.39 is 21.2 Å². The third kappa shape index (κ3) is 9.29. The van der Waals surface area contributed by atoms with Crippen LogP contribution in [0.1, 0.15) is 20.8 Å². The van der Waals surface area contributed by atoms with Crippen LogP contribution in [0.3, 0.4) is 0 Å². The monoisotopic (exact) mass is 436 g/mol. The van der Waals surface area contributed by atoms with E-state index in [0.29, 0.717) is 0 Å². The predicted octanol–water partition coefficient (Wildman–Crippen LogP) is 2.31. The maximum Gasteiger partial charge on any atom is 0.478 e. The van der Waals surface area contributed by atoms with Crippen molar-refractivity contribution in [1.82, 2.24) is 10.2 Å². The molecule has 0 heterocycles. The van der Waals surface area contributed by atoms with Crippen LogP contribution < -0.4 is 10.9 Å². The second kappa shape index (κ2) is 14.0. The van der Waals surface area contributed by atoms with Crippen molar-refractivity contribution in [3.05, 3.63) is 80.9 Å². The highest BCUT2D eigenvalue weighted by molar-refractivity contribution is 5.77. The van der Waals surface area contributed by atoms with Gasteiger partial charge >= 0.3 is 6.03 Å². The summed E-state index contributed by atoms with van der Waals surface area (Å²) in [6, 6.07) is 14.1. The Morgan fingerprint density at radius 2 is 1.23 bits per heavy atom. The maximum absolute atomic E-state index is 12.1. The number of rotatable bonds is 5. The van der Waals surface area contributed by atoms with Gasteiger partial charge in [-0.15, -0.1) is 0 Å². The van der Waals surface area contributed by atoms with Gasteiger partial charge in [0.05, 0.1) is 16.5 Å². The number of hydrazine groups is 4. The number of urea groups is 1. The van der Waals surface area contributed by atoms with Crippen molar-refractivity contribution >= 4 is 23.2 Å². The molecule has 0 fully saturated rings. The topological polar surface area (TPSA) is 176 Å². The summed E-state index contributed by atoms with van der Waals surface area (Å²) in [5.74, 6) is 5.17. The number of Topliss-reactive ketones (excluding diaryl/α,β-unsaturated/α-hetero) is 1. The van der Waals surface area contributed by atoms with E-state index in [1.807, 2.05) is 0 Å². The second-order valence-electron chi connectivity index (χ2n) is 5.60. The first-order chi connectivity index (χ1) is 14.6. The van der Waals surface area contributed by atoms with Crippen LogP contribution in [0.15, 0.2) is 60.7 Å². The molecule has 0 saturated heterocycles. The first-order valence-electron chi connectivity index (χ1n) is 8.74. The number of hydrogen-bond donors (Lipinski definition) is 2. The first kappa shape index (κ1) is 26.9. The number of amides is 2. The number of carbonyl (C=O) groups is 2. The predicted molar refractivity (Wildman–Crippen MR) is 111 cm³/mol. The number of nitrogens with two attached hydrogens (primary N) is 1. The highest BCUT2D eigenvalue weighted by atomic mass is 16.7. The number of hydrogen-bond acceptors (Lipinski definition) is 9. The minimum atomic E-state index is -1.64. The lowest BCUT2D eigenvalue weighted by Crippen LogP contribution is -2.57. The van der Waals surface area contributed by atoms with Crippen molar-refractivity contribution in [3.63, 3.8) is 0 Å². The van der Waals surface area contributed by atoms with Gasteiger partial charge in [-0.25, -0.2) is 25.0 Å². The van der Waals surface area contributed by atoms with E-state index in [-0.39, 0.29) is 28.9 Å². The van der Waals surface area contributed by atoms with Gasteiger partial charge in [0.2, 0.25) is 0 Å². The molecule has 0 aliphatic rings. The number of carbonyl (C=O) groups excluding carboxylic acids is 2. The summed E-state index contributed by atoms with van der Waals surface area (Å²) >= 11 is 0. The van der Waals surface area contributed by atoms with E-state index in [1.165, 1.54) is 38.1 Å². The molecule has 168 valence electrons. The molecule has 31 heavy (non-hydrogen) atoms. The Morgan fingerprint density at radius 1 is 0.903 bits per heavy atom. The molecular weight excluding hydrogens is 412 g/mol. The van der Waals surface area contributed by atoms with Crippen molar-refractivity contribution in [2.24, 2.45) is 5.84 Å². The minimum absolute atomic E-state index is 0.0343. The third-order valence-electron chi connectivity index (χ3n) is 2.89. The standard InChI is InChI=1S/C13H12N6O5.C3H6O.C2H6O/c14-16(18(21)22)13(20)17(19(23)24)15(11-7-3-1-4-8-11)12-9-5-2-6-10-12;1-3(2)4;1-2-3/h1-10H,14H2;1-2H3;3H,2H2,1H3. The normalized spacial score (nSPS) is 9.06. The Morgan fingerprint density at radius 3 is 1.48 bits per heavy atom. The molecule has 0 unspecified atom stereocenters.